The van der Waals surface area contributed by atoms with Crippen LogP contribution in [0.3, 0.4) is 0 Å². The number of hydrogen-bond donors (Lipinski definition) is 3. The predicted molar refractivity (Wildman–Crippen MR) is 138 cm³/mol. The van der Waals surface area contributed by atoms with Gasteiger partial charge in [0, 0.05) is 50.5 Å². The number of likely N-dealkylation sites (tertiary alicyclic amines) is 1. The molecule has 1 aromatic heterocycles. The van der Waals surface area contributed by atoms with E-state index in [1.54, 1.807) is 6.20 Å². The zero-order chi connectivity index (χ0) is 28.0. The van der Waals surface area contributed by atoms with Crippen molar-refractivity contribution in [3.63, 3.8) is 0 Å². The molecule has 1 aliphatic carbocycles. The number of anilines is 2. The lowest BCUT2D eigenvalue weighted by Gasteiger charge is -2.32. The van der Waals surface area contributed by atoms with Gasteiger partial charge in [0.25, 0.3) is 0 Å². The van der Waals surface area contributed by atoms with E-state index in [2.05, 4.69) is 20.5 Å². The summed E-state index contributed by atoms with van der Waals surface area (Å²) in [5.41, 5.74) is 0.297. The number of urea groups is 1. The summed E-state index contributed by atoms with van der Waals surface area (Å²) >= 11 is 0. The fraction of sp³-hybridized carbons (Fsp3) is 0.481. The van der Waals surface area contributed by atoms with Gasteiger partial charge in [-0.25, -0.2) is 14.6 Å². The summed E-state index contributed by atoms with van der Waals surface area (Å²) in [7, 11) is 0. The van der Waals surface area contributed by atoms with Crippen LogP contribution in [-0.2, 0) is 9.59 Å². The summed E-state index contributed by atoms with van der Waals surface area (Å²) in [5.74, 6) is -1.00. The lowest BCUT2D eigenvalue weighted by Crippen LogP contribution is -2.49. The second kappa shape index (κ2) is 11.9. The van der Waals surface area contributed by atoms with Gasteiger partial charge in [0.2, 0.25) is 5.91 Å². The lowest BCUT2D eigenvalue weighted by atomic mass is 9.74. The number of aliphatic carboxylic acids is 1. The molecule has 1 saturated carbocycles. The van der Waals surface area contributed by atoms with E-state index in [0.29, 0.717) is 25.6 Å². The summed E-state index contributed by atoms with van der Waals surface area (Å²) in [4.78, 5) is 44.1. The molecule has 3 heterocycles. The molecule has 1 aromatic carbocycles. The lowest BCUT2D eigenvalue weighted by molar-refractivity contribution is -0.192. The molecule has 3 amide bonds. The first-order valence-electron chi connectivity index (χ1n) is 12.9. The number of rotatable bonds is 5. The molecule has 3 aliphatic rings. The van der Waals surface area contributed by atoms with Crippen molar-refractivity contribution >= 4 is 29.4 Å². The van der Waals surface area contributed by atoms with E-state index in [1.165, 1.54) is 12.8 Å². The van der Waals surface area contributed by atoms with E-state index in [0.717, 1.165) is 37.4 Å². The maximum atomic E-state index is 13.6. The molecule has 210 valence electrons. The van der Waals surface area contributed by atoms with Crippen LogP contribution in [0.25, 0.3) is 0 Å². The van der Waals surface area contributed by atoms with Crippen molar-refractivity contribution in [2.45, 2.75) is 31.9 Å². The number of aromatic nitrogens is 1. The minimum atomic E-state index is -5.08. The van der Waals surface area contributed by atoms with Crippen molar-refractivity contribution in [1.29, 1.82) is 0 Å². The number of carboxylic acids is 1. The van der Waals surface area contributed by atoms with Crippen molar-refractivity contribution in [1.82, 2.24) is 15.2 Å². The Labute approximate surface area is 224 Å². The van der Waals surface area contributed by atoms with E-state index in [9.17, 15) is 22.8 Å². The number of para-hydroxylation sites is 1. The third kappa shape index (κ3) is 7.18. The van der Waals surface area contributed by atoms with Gasteiger partial charge in [-0.1, -0.05) is 24.3 Å². The highest BCUT2D eigenvalue weighted by Crippen LogP contribution is 2.44. The molecule has 2 aliphatic heterocycles. The minimum absolute atomic E-state index is 0.0627. The molecule has 2 aromatic rings. The van der Waals surface area contributed by atoms with Gasteiger partial charge in [-0.15, -0.1) is 0 Å². The standard InChI is InChI=1S/C25H31N5O2.C2HF3O2/c31-23(27-15-19-10-11-19)25-12-6-14-29(24(32)28-21-7-2-1-3-8-21)16-20(25)17-30(18-25)22-9-4-5-13-26-22;3-2(4,5)1(6)7/h1-5,7-9,13,19-20H,6,10-12,14-18H2,(H,27,31)(H,28,32);(H,6,7)/t20-,25-;/m0./s1. The van der Waals surface area contributed by atoms with Crippen LogP contribution in [0.4, 0.5) is 29.5 Å². The summed E-state index contributed by atoms with van der Waals surface area (Å²) in [6, 6.07) is 15.3. The number of alkyl halides is 3. The Hall–Kier alpha value is -3.83. The van der Waals surface area contributed by atoms with Crippen LogP contribution in [0.5, 0.6) is 0 Å². The SMILES string of the molecule is O=C(Nc1ccccc1)N1CCC[C@]2(C(=O)NCC3CC3)CN(c3ccccn3)C[C@@H]2C1.O=C(O)C(F)(F)F. The summed E-state index contributed by atoms with van der Waals surface area (Å²) in [6.07, 6.45) is 0.732. The van der Waals surface area contributed by atoms with Gasteiger partial charge >= 0.3 is 18.2 Å². The first-order valence-corrected chi connectivity index (χ1v) is 12.9. The van der Waals surface area contributed by atoms with Crippen LogP contribution in [0, 0.1) is 17.3 Å². The average Bonchev–Trinajstić information content (AvgIpc) is 3.70. The third-order valence-electron chi connectivity index (χ3n) is 7.42. The van der Waals surface area contributed by atoms with Gasteiger partial charge < -0.3 is 25.5 Å². The molecule has 3 N–H and O–H groups in total. The topological polar surface area (TPSA) is 115 Å². The first kappa shape index (κ1) is 28.2. The van der Waals surface area contributed by atoms with E-state index < -0.39 is 17.6 Å². The Morgan fingerprint density at radius 3 is 2.36 bits per heavy atom. The number of hydrogen-bond acceptors (Lipinski definition) is 5. The summed E-state index contributed by atoms with van der Waals surface area (Å²) in [6.45, 7) is 3.38. The monoisotopic (exact) mass is 547 g/mol. The van der Waals surface area contributed by atoms with Crippen molar-refractivity contribution in [2.75, 3.05) is 42.9 Å². The normalized spacial score (nSPS) is 22.6. The fourth-order valence-corrected chi connectivity index (χ4v) is 5.16. The molecule has 2 atom stereocenters. The van der Waals surface area contributed by atoms with Crippen LogP contribution in [0.1, 0.15) is 25.7 Å². The maximum Gasteiger partial charge on any atom is 0.490 e. The Kier molecular flexibility index (Phi) is 8.61. The van der Waals surface area contributed by atoms with E-state index in [4.69, 9.17) is 9.90 Å². The molecular weight excluding hydrogens is 515 g/mol. The molecule has 3 fully saturated rings. The minimum Gasteiger partial charge on any atom is -0.475 e. The van der Waals surface area contributed by atoms with Gasteiger partial charge in [0.05, 0.1) is 5.41 Å². The van der Waals surface area contributed by atoms with Crippen molar-refractivity contribution < 1.29 is 32.7 Å². The smallest absolute Gasteiger partial charge is 0.475 e. The highest BCUT2D eigenvalue weighted by atomic mass is 19.4. The first-order chi connectivity index (χ1) is 18.6. The van der Waals surface area contributed by atoms with Gasteiger partial charge in [-0.3, -0.25) is 4.79 Å². The largest absolute Gasteiger partial charge is 0.490 e. The number of fused-ring (bicyclic) bond motifs is 1. The third-order valence-corrected chi connectivity index (χ3v) is 7.42. The molecule has 0 radical (unpaired) electrons. The highest BCUT2D eigenvalue weighted by Gasteiger charge is 2.54. The van der Waals surface area contributed by atoms with Crippen molar-refractivity contribution in [3.8, 4) is 0 Å². The quantitative estimate of drug-likeness (QED) is 0.522. The Bertz CT molecular complexity index is 1150. The van der Waals surface area contributed by atoms with E-state index >= 15 is 0 Å². The Morgan fingerprint density at radius 2 is 1.74 bits per heavy atom. The number of benzene rings is 1. The number of carbonyl (C=O) groups is 3. The number of pyridine rings is 1. The number of amides is 3. The van der Waals surface area contributed by atoms with Crippen LogP contribution < -0.4 is 15.5 Å². The van der Waals surface area contributed by atoms with Crippen LogP contribution in [0.2, 0.25) is 0 Å². The van der Waals surface area contributed by atoms with Crippen LogP contribution in [0.15, 0.2) is 54.7 Å². The van der Waals surface area contributed by atoms with Crippen molar-refractivity contribution in [2.24, 2.45) is 17.3 Å². The van der Waals surface area contributed by atoms with E-state index in [-0.39, 0.29) is 17.9 Å². The van der Waals surface area contributed by atoms with Crippen molar-refractivity contribution in [3.05, 3.63) is 54.7 Å². The number of halogens is 3. The van der Waals surface area contributed by atoms with Gasteiger partial charge in [0.15, 0.2) is 0 Å². The summed E-state index contributed by atoms with van der Waals surface area (Å²) in [5, 5.41) is 13.4. The van der Waals surface area contributed by atoms with E-state index in [1.807, 2.05) is 53.4 Å². The molecule has 9 nitrogen and oxygen atoms in total. The second-order valence-electron chi connectivity index (χ2n) is 10.2. The highest BCUT2D eigenvalue weighted by molar-refractivity contribution is 5.90. The fourth-order valence-electron chi connectivity index (χ4n) is 5.16. The second-order valence-corrected chi connectivity index (χ2v) is 10.2. The van der Waals surface area contributed by atoms with Gasteiger partial charge in [-0.05, 0) is 55.9 Å². The molecule has 0 bridgehead atoms. The molecule has 39 heavy (non-hydrogen) atoms. The maximum absolute atomic E-state index is 13.6. The number of nitrogens with zero attached hydrogens (tertiary/aromatic N) is 3. The molecule has 12 heteroatoms. The number of nitrogens with one attached hydrogen (secondary N) is 2. The van der Waals surface area contributed by atoms with Crippen LogP contribution in [-0.4, -0.2) is 71.8 Å². The van der Waals surface area contributed by atoms with Crippen LogP contribution >= 0.6 is 0 Å². The number of carboxylic acid groups (broad SMARTS) is 1. The Morgan fingerprint density at radius 1 is 1.05 bits per heavy atom. The molecule has 0 unspecified atom stereocenters. The summed E-state index contributed by atoms with van der Waals surface area (Å²) < 4.78 is 31.7. The Balaban J connectivity index is 0.000000448. The molecule has 5 rings (SSSR count). The zero-order valence-electron chi connectivity index (χ0n) is 21.4. The molecule has 0 spiro atoms. The average molecular weight is 548 g/mol. The molecular formula is C27H32F3N5O4. The molecule has 2 saturated heterocycles. The zero-order valence-corrected chi connectivity index (χ0v) is 21.4. The van der Waals surface area contributed by atoms with Gasteiger partial charge in [-0.2, -0.15) is 13.2 Å². The van der Waals surface area contributed by atoms with Gasteiger partial charge in [0.1, 0.15) is 5.82 Å². The predicted octanol–water partition coefficient (Wildman–Crippen LogP) is 3.99. The number of carbonyl (C=O) groups excluding carboxylic acids is 2.